The molecule has 0 spiro atoms. The number of nitrogens with two attached hydrogens (primary N) is 1. The highest BCUT2D eigenvalue weighted by Gasteiger charge is 2.26. The average molecular weight is 375 g/mol. The summed E-state index contributed by atoms with van der Waals surface area (Å²) in [7, 11) is 0. The van der Waals surface area contributed by atoms with E-state index in [1.54, 1.807) is 0 Å². The molecule has 1 aromatic heterocycles. The van der Waals surface area contributed by atoms with Crippen molar-refractivity contribution >= 4 is 23.4 Å². The maximum absolute atomic E-state index is 6.60. The Hall–Kier alpha value is -2.01. The molecular weight excluding hydrogens is 348 g/mol. The number of nitrogens with zero attached hydrogens (tertiary/aromatic N) is 3. The molecule has 140 valence electrons. The van der Waals surface area contributed by atoms with Gasteiger partial charge < -0.3 is 15.4 Å². The molecule has 6 heteroatoms. The van der Waals surface area contributed by atoms with Gasteiger partial charge in [0.15, 0.2) is 0 Å². The van der Waals surface area contributed by atoms with Gasteiger partial charge in [-0.25, -0.2) is 4.98 Å². The number of aromatic nitrogens is 2. The van der Waals surface area contributed by atoms with E-state index in [-0.39, 0.29) is 12.1 Å². The molecule has 2 heterocycles. The zero-order valence-corrected chi connectivity index (χ0v) is 16.5. The molecular formula is C20H27ClN4O. The first-order valence-corrected chi connectivity index (χ1v) is 9.65. The number of anilines is 2. The minimum atomic E-state index is 0.124. The lowest BCUT2D eigenvalue weighted by Crippen LogP contribution is -2.30. The molecule has 1 fully saturated rings. The van der Waals surface area contributed by atoms with Gasteiger partial charge in [0.1, 0.15) is 11.6 Å². The van der Waals surface area contributed by atoms with Gasteiger partial charge >= 0.3 is 0 Å². The van der Waals surface area contributed by atoms with Crippen molar-refractivity contribution in [1.29, 1.82) is 0 Å². The average Bonchev–Trinajstić information content (AvgIpc) is 2.81. The van der Waals surface area contributed by atoms with Crippen molar-refractivity contribution in [3.63, 3.8) is 0 Å². The minimum absolute atomic E-state index is 0.124. The smallest absolute Gasteiger partial charge is 0.222 e. The van der Waals surface area contributed by atoms with Crippen LogP contribution < -0.4 is 15.4 Å². The second-order valence-electron chi connectivity index (χ2n) is 7.13. The zero-order valence-electron chi connectivity index (χ0n) is 15.7. The van der Waals surface area contributed by atoms with Gasteiger partial charge in [-0.05, 0) is 57.4 Å². The van der Waals surface area contributed by atoms with Gasteiger partial charge in [-0.2, -0.15) is 4.98 Å². The van der Waals surface area contributed by atoms with Crippen molar-refractivity contribution in [2.24, 2.45) is 0 Å². The van der Waals surface area contributed by atoms with Crippen molar-refractivity contribution in [3.8, 4) is 5.75 Å². The maximum Gasteiger partial charge on any atom is 0.222 e. The van der Waals surface area contributed by atoms with Crippen molar-refractivity contribution in [1.82, 2.24) is 9.97 Å². The lowest BCUT2D eigenvalue weighted by Gasteiger charge is -2.32. The number of nitrogen functional groups attached to an aromatic ring is 1. The number of benzene rings is 1. The lowest BCUT2D eigenvalue weighted by molar-refractivity contribution is 0.242. The van der Waals surface area contributed by atoms with E-state index in [1.807, 2.05) is 39.0 Å². The van der Waals surface area contributed by atoms with Gasteiger partial charge in [-0.1, -0.05) is 24.4 Å². The van der Waals surface area contributed by atoms with Gasteiger partial charge in [0.25, 0.3) is 0 Å². The van der Waals surface area contributed by atoms with Crippen LogP contribution in [-0.4, -0.2) is 22.6 Å². The summed E-state index contributed by atoms with van der Waals surface area (Å²) in [5, 5.41) is 0.761. The summed E-state index contributed by atoms with van der Waals surface area (Å²) in [5.74, 6) is 2.03. The van der Waals surface area contributed by atoms with Crippen molar-refractivity contribution in [2.45, 2.75) is 58.6 Å². The van der Waals surface area contributed by atoms with E-state index in [9.17, 15) is 0 Å². The second kappa shape index (κ2) is 8.12. The van der Waals surface area contributed by atoms with Crippen LogP contribution in [0.3, 0.4) is 0 Å². The van der Waals surface area contributed by atoms with Crippen LogP contribution in [0.15, 0.2) is 24.3 Å². The van der Waals surface area contributed by atoms with E-state index in [2.05, 4.69) is 20.9 Å². The third kappa shape index (κ3) is 4.39. The maximum atomic E-state index is 6.60. The van der Waals surface area contributed by atoms with Crippen LogP contribution in [0.25, 0.3) is 0 Å². The predicted octanol–water partition coefficient (Wildman–Crippen LogP) is 4.93. The van der Waals surface area contributed by atoms with Gasteiger partial charge in [0.2, 0.25) is 5.95 Å². The van der Waals surface area contributed by atoms with Gasteiger partial charge in [0.05, 0.1) is 12.1 Å². The first kappa shape index (κ1) is 18.8. The first-order valence-electron chi connectivity index (χ1n) is 9.28. The van der Waals surface area contributed by atoms with Crippen LogP contribution in [0.1, 0.15) is 56.8 Å². The molecule has 0 bridgehead atoms. The Balaban J connectivity index is 2.01. The van der Waals surface area contributed by atoms with Gasteiger partial charge in [0, 0.05) is 23.3 Å². The topological polar surface area (TPSA) is 64.3 Å². The Morgan fingerprint density at radius 3 is 2.73 bits per heavy atom. The number of hydrogen-bond donors (Lipinski definition) is 1. The van der Waals surface area contributed by atoms with Crippen LogP contribution in [0.4, 0.5) is 11.8 Å². The van der Waals surface area contributed by atoms with Crippen LogP contribution >= 0.6 is 11.6 Å². The fourth-order valence-electron chi connectivity index (χ4n) is 3.55. The standard InChI is InChI=1S/C20H27ClN4O/c1-13(2)26-15-8-9-17(21)16(12-15)18-7-5-4-6-10-25(18)19-11-14(3)23-20(22)24-19/h8-9,11-13,18H,4-7,10H2,1-3H3,(H2,22,23,24). The number of ether oxygens (including phenoxy) is 1. The molecule has 5 nitrogen and oxygen atoms in total. The summed E-state index contributed by atoms with van der Waals surface area (Å²) in [6.07, 6.45) is 4.63. The summed E-state index contributed by atoms with van der Waals surface area (Å²) < 4.78 is 5.89. The Morgan fingerprint density at radius 1 is 1.19 bits per heavy atom. The largest absolute Gasteiger partial charge is 0.491 e. The fourth-order valence-corrected chi connectivity index (χ4v) is 3.79. The molecule has 0 amide bonds. The summed E-state index contributed by atoms with van der Waals surface area (Å²) in [4.78, 5) is 11.0. The van der Waals surface area contributed by atoms with Crippen molar-refractivity contribution in [3.05, 3.63) is 40.5 Å². The molecule has 3 rings (SSSR count). The van der Waals surface area contributed by atoms with Crippen molar-refractivity contribution < 1.29 is 4.74 Å². The van der Waals surface area contributed by atoms with E-state index in [0.717, 1.165) is 53.7 Å². The van der Waals surface area contributed by atoms with E-state index in [4.69, 9.17) is 22.1 Å². The highest BCUT2D eigenvalue weighted by molar-refractivity contribution is 6.31. The van der Waals surface area contributed by atoms with E-state index >= 15 is 0 Å². The van der Waals surface area contributed by atoms with E-state index < -0.39 is 0 Å². The molecule has 1 unspecified atom stereocenters. The Kier molecular flexibility index (Phi) is 5.87. The molecule has 0 aliphatic carbocycles. The monoisotopic (exact) mass is 374 g/mol. The van der Waals surface area contributed by atoms with Crippen LogP contribution in [0.2, 0.25) is 5.02 Å². The first-order chi connectivity index (χ1) is 12.4. The summed E-state index contributed by atoms with van der Waals surface area (Å²) >= 11 is 6.60. The molecule has 0 radical (unpaired) electrons. The molecule has 1 aromatic carbocycles. The highest BCUT2D eigenvalue weighted by Crippen LogP contribution is 2.38. The second-order valence-corrected chi connectivity index (χ2v) is 7.54. The number of halogens is 1. The SMILES string of the molecule is Cc1cc(N2CCCCCC2c2cc(OC(C)C)ccc2Cl)nc(N)n1. The van der Waals surface area contributed by atoms with Crippen molar-refractivity contribution in [2.75, 3.05) is 17.2 Å². The molecule has 1 saturated heterocycles. The molecule has 1 aliphatic heterocycles. The number of aryl methyl sites for hydroxylation is 1. The Labute approximate surface area is 160 Å². The highest BCUT2D eigenvalue weighted by atomic mass is 35.5. The summed E-state index contributed by atoms with van der Waals surface area (Å²) in [6.45, 7) is 6.92. The van der Waals surface area contributed by atoms with Crippen LogP contribution in [0.5, 0.6) is 5.75 Å². The van der Waals surface area contributed by atoms with Gasteiger partial charge in [-0.3, -0.25) is 0 Å². The molecule has 0 saturated carbocycles. The summed E-state index contributed by atoms with van der Waals surface area (Å²) in [5.41, 5.74) is 7.86. The molecule has 26 heavy (non-hydrogen) atoms. The summed E-state index contributed by atoms with van der Waals surface area (Å²) in [6, 6.07) is 8.07. The fraction of sp³-hybridized carbons (Fsp3) is 0.500. The Bertz CT molecular complexity index is 745. The third-order valence-electron chi connectivity index (χ3n) is 4.60. The van der Waals surface area contributed by atoms with Gasteiger partial charge in [-0.15, -0.1) is 0 Å². The zero-order chi connectivity index (χ0) is 18.7. The van der Waals surface area contributed by atoms with Crippen LogP contribution in [0, 0.1) is 6.92 Å². The lowest BCUT2D eigenvalue weighted by atomic mass is 10.00. The van der Waals surface area contributed by atoms with Crippen LogP contribution in [-0.2, 0) is 0 Å². The molecule has 2 N–H and O–H groups in total. The minimum Gasteiger partial charge on any atom is -0.491 e. The Morgan fingerprint density at radius 2 is 2.00 bits per heavy atom. The number of rotatable bonds is 4. The predicted molar refractivity (Wildman–Crippen MR) is 107 cm³/mol. The number of hydrogen-bond acceptors (Lipinski definition) is 5. The van der Waals surface area contributed by atoms with E-state index in [1.165, 1.54) is 6.42 Å². The normalized spacial score (nSPS) is 18.0. The molecule has 1 atom stereocenters. The van der Waals surface area contributed by atoms with E-state index in [0.29, 0.717) is 5.95 Å². The quantitative estimate of drug-likeness (QED) is 0.821. The third-order valence-corrected chi connectivity index (χ3v) is 4.95. The molecule has 2 aromatic rings. The molecule has 1 aliphatic rings.